The van der Waals surface area contributed by atoms with Crippen LogP contribution in [0.3, 0.4) is 0 Å². The Morgan fingerprint density at radius 3 is 2.47 bits per heavy atom. The Bertz CT molecular complexity index is 1140. The van der Waals surface area contributed by atoms with E-state index in [2.05, 4.69) is 10.3 Å². The van der Waals surface area contributed by atoms with E-state index >= 15 is 0 Å². The summed E-state index contributed by atoms with van der Waals surface area (Å²) in [5.41, 5.74) is 5.08. The van der Waals surface area contributed by atoms with E-state index in [9.17, 15) is 9.59 Å². The molecule has 4 rings (SSSR count). The Balaban J connectivity index is 1.40. The van der Waals surface area contributed by atoms with Crippen LogP contribution in [0.5, 0.6) is 0 Å². The summed E-state index contributed by atoms with van der Waals surface area (Å²) in [6, 6.07) is 24.7. The lowest BCUT2D eigenvalue weighted by Gasteiger charge is -2.19. The molecule has 0 aliphatic heterocycles. The van der Waals surface area contributed by atoms with E-state index in [0.29, 0.717) is 12.0 Å². The lowest BCUT2D eigenvalue weighted by atomic mass is 9.99. The van der Waals surface area contributed by atoms with Crippen molar-refractivity contribution in [2.75, 3.05) is 6.61 Å². The molecule has 0 spiro atoms. The summed E-state index contributed by atoms with van der Waals surface area (Å²) in [5.74, 6) is -0.869. The first-order valence-electron chi connectivity index (χ1n) is 9.57. The molecule has 0 unspecified atom stereocenters. The van der Waals surface area contributed by atoms with Crippen molar-refractivity contribution in [1.82, 2.24) is 10.3 Å². The minimum atomic E-state index is -0.528. The van der Waals surface area contributed by atoms with Gasteiger partial charge in [-0.15, -0.1) is 11.3 Å². The fraction of sp³-hybridized carbons (Fsp3) is 0.125. The number of thiazole rings is 1. The molecule has 1 atom stereocenters. The molecule has 1 heterocycles. The van der Waals surface area contributed by atoms with Gasteiger partial charge >= 0.3 is 5.97 Å². The molecule has 1 amide bonds. The molecule has 30 heavy (non-hydrogen) atoms. The summed E-state index contributed by atoms with van der Waals surface area (Å²) in [5, 5.41) is 2.99. The highest BCUT2D eigenvalue weighted by Crippen LogP contribution is 2.20. The number of aromatic nitrogens is 1. The van der Waals surface area contributed by atoms with Gasteiger partial charge in [-0.25, -0.2) is 9.78 Å². The standard InChI is InChI=1S/C24H20N2O3S/c27-23(15-29-24(28)19-11-12-20-22(14-19)30-16-25-20)26-21(18-9-5-2-6-10-18)13-17-7-3-1-4-8-17/h1-12,14,16,21H,13,15H2,(H,26,27)/t21-/m1/s1. The lowest BCUT2D eigenvalue weighted by Crippen LogP contribution is -2.33. The van der Waals surface area contributed by atoms with E-state index in [4.69, 9.17) is 4.74 Å². The van der Waals surface area contributed by atoms with Crippen LogP contribution < -0.4 is 5.32 Å². The molecular formula is C24H20N2O3S. The van der Waals surface area contributed by atoms with E-state index in [0.717, 1.165) is 21.3 Å². The first kappa shape index (κ1) is 19.8. The molecule has 0 bridgehead atoms. The Morgan fingerprint density at radius 1 is 0.967 bits per heavy atom. The molecule has 1 N–H and O–H groups in total. The predicted molar refractivity (Wildman–Crippen MR) is 117 cm³/mol. The summed E-state index contributed by atoms with van der Waals surface area (Å²) in [4.78, 5) is 29.1. The van der Waals surface area contributed by atoms with Crippen LogP contribution in [0.25, 0.3) is 10.2 Å². The number of hydrogen-bond acceptors (Lipinski definition) is 5. The number of benzene rings is 3. The fourth-order valence-corrected chi connectivity index (χ4v) is 3.94. The van der Waals surface area contributed by atoms with Gasteiger partial charge in [0.2, 0.25) is 0 Å². The predicted octanol–water partition coefficient (Wildman–Crippen LogP) is 4.55. The van der Waals surface area contributed by atoms with Crippen LogP contribution in [0.2, 0.25) is 0 Å². The number of ether oxygens (including phenoxy) is 1. The highest BCUT2D eigenvalue weighted by Gasteiger charge is 2.17. The van der Waals surface area contributed by atoms with Gasteiger partial charge in [0.1, 0.15) is 0 Å². The Hall–Kier alpha value is -3.51. The maximum atomic E-state index is 12.5. The van der Waals surface area contributed by atoms with Crippen molar-refractivity contribution in [3.63, 3.8) is 0 Å². The highest BCUT2D eigenvalue weighted by molar-refractivity contribution is 7.16. The second-order valence-electron chi connectivity index (χ2n) is 6.83. The van der Waals surface area contributed by atoms with Crippen LogP contribution in [0.4, 0.5) is 0 Å². The molecule has 0 aliphatic rings. The summed E-state index contributed by atoms with van der Waals surface area (Å²) < 4.78 is 6.14. The van der Waals surface area contributed by atoms with E-state index in [1.165, 1.54) is 11.3 Å². The Kier molecular flexibility index (Phi) is 6.15. The van der Waals surface area contributed by atoms with Gasteiger partial charge in [-0.2, -0.15) is 0 Å². The third-order valence-electron chi connectivity index (χ3n) is 4.72. The van der Waals surface area contributed by atoms with Crippen molar-refractivity contribution in [3.05, 3.63) is 101 Å². The number of carbonyl (C=O) groups is 2. The summed E-state index contributed by atoms with van der Waals surface area (Å²) in [6.45, 7) is -0.336. The second kappa shape index (κ2) is 9.33. The van der Waals surface area contributed by atoms with Gasteiger partial charge in [-0.1, -0.05) is 60.7 Å². The van der Waals surface area contributed by atoms with Crippen molar-refractivity contribution in [2.45, 2.75) is 12.5 Å². The van der Waals surface area contributed by atoms with E-state index < -0.39 is 5.97 Å². The number of rotatable bonds is 7. The average Bonchev–Trinajstić information content (AvgIpc) is 3.26. The molecule has 0 saturated heterocycles. The van der Waals surface area contributed by atoms with E-state index in [1.807, 2.05) is 60.7 Å². The van der Waals surface area contributed by atoms with Crippen molar-refractivity contribution in [1.29, 1.82) is 0 Å². The van der Waals surface area contributed by atoms with Crippen LogP contribution in [-0.2, 0) is 16.0 Å². The molecule has 4 aromatic rings. The largest absolute Gasteiger partial charge is 0.452 e. The molecule has 5 nitrogen and oxygen atoms in total. The maximum absolute atomic E-state index is 12.5. The van der Waals surface area contributed by atoms with Crippen molar-refractivity contribution in [3.8, 4) is 0 Å². The molecule has 0 radical (unpaired) electrons. The van der Waals surface area contributed by atoms with Crippen molar-refractivity contribution in [2.24, 2.45) is 0 Å². The SMILES string of the molecule is O=C(COC(=O)c1ccc2ncsc2c1)N[C@H](Cc1ccccc1)c1ccccc1. The molecule has 6 heteroatoms. The fourth-order valence-electron chi connectivity index (χ4n) is 3.22. The zero-order valence-electron chi connectivity index (χ0n) is 16.2. The van der Waals surface area contributed by atoms with Gasteiger partial charge in [0.05, 0.1) is 27.3 Å². The molecule has 0 saturated carbocycles. The van der Waals surface area contributed by atoms with Gasteiger partial charge < -0.3 is 10.1 Å². The zero-order chi connectivity index (χ0) is 20.8. The Morgan fingerprint density at radius 2 is 1.70 bits per heavy atom. The topological polar surface area (TPSA) is 68.3 Å². The van der Waals surface area contributed by atoms with Gasteiger partial charge in [0.25, 0.3) is 5.91 Å². The molecule has 0 fully saturated rings. The third kappa shape index (κ3) is 4.90. The highest BCUT2D eigenvalue weighted by atomic mass is 32.1. The summed E-state index contributed by atoms with van der Waals surface area (Å²) in [6.07, 6.45) is 0.645. The molecular weight excluding hydrogens is 396 g/mol. The number of hydrogen-bond donors (Lipinski definition) is 1. The van der Waals surface area contributed by atoms with E-state index in [1.54, 1.807) is 23.7 Å². The van der Waals surface area contributed by atoms with Crippen molar-refractivity contribution >= 4 is 33.4 Å². The number of carbonyl (C=O) groups excluding carboxylic acids is 2. The van der Waals surface area contributed by atoms with Crippen LogP contribution in [0.15, 0.2) is 84.4 Å². The van der Waals surface area contributed by atoms with Crippen LogP contribution >= 0.6 is 11.3 Å². The molecule has 150 valence electrons. The number of nitrogens with zero attached hydrogens (tertiary/aromatic N) is 1. The number of nitrogens with one attached hydrogen (secondary N) is 1. The number of amides is 1. The maximum Gasteiger partial charge on any atom is 0.338 e. The van der Waals surface area contributed by atoms with Gasteiger partial charge in [0, 0.05) is 0 Å². The lowest BCUT2D eigenvalue weighted by molar-refractivity contribution is -0.125. The Labute approximate surface area is 178 Å². The summed E-state index contributed by atoms with van der Waals surface area (Å²) in [7, 11) is 0. The first-order valence-corrected chi connectivity index (χ1v) is 10.5. The number of fused-ring (bicyclic) bond motifs is 1. The minimum absolute atomic E-state index is 0.214. The van der Waals surface area contributed by atoms with Gasteiger partial charge in [-0.05, 0) is 35.7 Å². The minimum Gasteiger partial charge on any atom is -0.452 e. The van der Waals surface area contributed by atoms with Crippen LogP contribution in [0, 0.1) is 0 Å². The first-order chi connectivity index (χ1) is 14.7. The van der Waals surface area contributed by atoms with Gasteiger partial charge in [-0.3, -0.25) is 4.79 Å². The number of esters is 1. The molecule has 0 aliphatic carbocycles. The molecule has 1 aromatic heterocycles. The van der Waals surface area contributed by atoms with Crippen molar-refractivity contribution < 1.29 is 14.3 Å². The van der Waals surface area contributed by atoms with Crippen LogP contribution in [0.1, 0.15) is 27.5 Å². The average molecular weight is 417 g/mol. The smallest absolute Gasteiger partial charge is 0.338 e. The quantitative estimate of drug-likeness (QED) is 0.449. The monoisotopic (exact) mass is 416 g/mol. The molecule has 3 aromatic carbocycles. The van der Waals surface area contributed by atoms with Crippen LogP contribution in [-0.4, -0.2) is 23.5 Å². The third-order valence-corrected chi connectivity index (χ3v) is 5.51. The van der Waals surface area contributed by atoms with Gasteiger partial charge in [0.15, 0.2) is 6.61 Å². The summed E-state index contributed by atoms with van der Waals surface area (Å²) >= 11 is 1.45. The van der Waals surface area contributed by atoms with E-state index in [-0.39, 0.29) is 18.6 Å². The normalized spacial score (nSPS) is 11.7. The second-order valence-corrected chi connectivity index (χ2v) is 7.72. The zero-order valence-corrected chi connectivity index (χ0v) is 17.0.